The summed E-state index contributed by atoms with van der Waals surface area (Å²) >= 11 is -2.17. The van der Waals surface area contributed by atoms with Gasteiger partial charge < -0.3 is 0 Å². The third-order valence-corrected chi connectivity index (χ3v) is 8.55. The van der Waals surface area contributed by atoms with Crippen LogP contribution < -0.4 is 9.47 Å². The summed E-state index contributed by atoms with van der Waals surface area (Å²) in [5.74, 6) is -2.00. The van der Waals surface area contributed by atoms with Gasteiger partial charge in [0.1, 0.15) is 0 Å². The molecule has 2 aromatic heterocycles. The van der Waals surface area contributed by atoms with Crippen molar-refractivity contribution in [3.8, 4) is 28.6 Å². The number of nitrogens with zero attached hydrogens (tertiary/aromatic N) is 4. The summed E-state index contributed by atoms with van der Waals surface area (Å²) in [4.78, 5) is 25.0. The van der Waals surface area contributed by atoms with Crippen molar-refractivity contribution in [2.24, 2.45) is 0 Å². The van der Waals surface area contributed by atoms with Gasteiger partial charge in [-0.15, -0.1) is 13.2 Å². The normalized spacial score (nSPS) is 12.8. The summed E-state index contributed by atoms with van der Waals surface area (Å²) in [5.41, 5.74) is -0.483. The molecule has 220 valence electrons. The van der Waals surface area contributed by atoms with E-state index in [0.717, 1.165) is 18.3 Å². The first kappa shape index (κ1) is 30.6. The molecule has 16 heteroatoms. The molecule has 0 aliphatic heterocycles. The number of alkyl halides is 6. The number of carboxylic acid groups (broad SMARTS) is 1. The van der Waals surface area contributed by atoms with Crippen LogP contribution in [0.25, 0.3) is 16.9 Å². The third-order valence-electron chi connectivity index (χ3n) is 5.75. The van der Waals surface area contributed by atoms with Gasteiger partial charge in [0.15, 0.2) is 0 Å². The Bertz CT molecular complexity index is 1560. The summed E-state index contributed by atoms with van der Waals surface area (Å²) in [6.07, 6.45) is -9.23. The van der Waals surface area contributed by atoms with E-state index in [-0.39, 0.29) is 18.1 Å². The van der Waals surface area contributed by atoms with E-state index in [2.05, 4.69) is 20.0 Å². The first-order valence-electron chi connectivity index (χ1n) is 11.8. The van der Waals surface area contributed by atoms with Crippen LogP contribution in [0.15, 0.2) is 66.9 Å². The van der Waals surface area contributed by atoms with E-state index in [1.54, 1.807) is 24.3 Å². The summed E-state index contributed by atoms with van der Waals surface area (Å²) in [7, 11) is 1.30. The van der Waals surface area contributed by atoms with Crippen LogP contribution in [-0.4, -0.2) is 64.8 Å². The topological polar surface area (TPSA) is 116 Å². The van der Waals surface area contributed by atoms with E-state index in [4.69, 9.17) is 4.74 Å². The van der Waals surface area contributed by atoms with E-state index >= 15 is 0 Å². The predicted octanol–water partition coefficient (Wildman–Crippen LogP) is 4.95. The maximum atomic E-state index is 14.0. The van der Waals surface area contributed by atoms with Gasteiger partial charge >= 0.3 is 227 Å². The molecule has 0 saturated heterocycles. The van der Waals surface area contributed by atoms with Crippen LogP contribution in [0.1, 0.15) is 21.6 Å². The minimum atomic E-state index is -5.01. The average Bonchev–Trinajstić information content (AvgIpc) is 3.39. The number of aliphatic carboxylic acids is 1. The molecule has 0 saturated carbocycles. The summed E-state index contributed by atoms with van der Waals surface area (Å²) in [6, 6.07) is 13.9. The molecule has 4 aromatic rings. The molecule has 0 amide bonds. The fourth-order valence-corrected chi connectivity index (χ4v) is 6.19. The van der Waals surface area contributed by atoms with Crippen molar-refractivity contribution in [3.63, 3.8) is 0 Å². The first-order chi connectivity index (χ1) is 19.7. The zero-order valence-electron chi connectivity index (χ0n) is 21.3. The third kappa shape index (κ3) is 7.46. The Labute approximate surface area is 239 Å². The first-order valence-corrected chi connectivity index (χ1v) is 14.0. The maximum absolute atomic E-state index is 14.0. The number of hydrogen-bond donors (Lipinski definition) is 1. The number of benzene rings is 2. The van der Waals surface area contributed by atoms with Crippen LogP contribution in [-0.2, 0) is 17.4 Å². The number of carbonyl (C=O) groups is 2. The Morgan fingerprint density at radius 2 is 1.55 bits per heavy atom. The SMILES string of the molecule is COc1ccc(-n2ncc(C(=O)[AsH][C@@H](Cc3ccc(-c4ccc(OC(F)(F)F)cc4)cc3)C(=O)O)c2C(F)(F)F)nn1. The summed E-state index contributed by atoms with van der Waals surface area (Å²) < 4.78 is 86.0. The molecule has 0 aliphatic carbocycles. The van der Waals surface area contributed by atoms with Gasteiger partial charge in [-0.05, 0) is 0 Å². The quantitative estimate of drug-likeness (QED) is 0.189. The monoisotopic (exact) mass is 656 g/mol. The van der Waals surface area contributed by atoms with Crippen LogP contribution in [0.4, 0.5) is 26.3 Å². The van der Waals surface area contributed by atoms with Crippen molar-refractivity contribution in [1.29, 1.82) is 0 Å². The molecule has 2 atom stereocenters. The van der Waals surface area contributed by atoms with Crippen LogP contribution in [0, 0.1) is 0 Å². The van der Waals surface area contributed by atoms with Gasteiger partial charge in [-0.25, -0.2) is 0 Å². The molecule has 4 rings (SSSR count). The van der Waals surface area contributed by atoms with Crippen molar-refractivity contribution in [1.82, 2.24) is 20.0 Å². The minimum absolute atomic E-state index is 0.0493. The van der Waals surface area contributed by atoms with E-state index < -0.39 is 60.5 Å². The number of halogens is 6. The van der Waals surface area contributed by atoms with Crippen LogP contribution in [0.3, 0.4) is 0 Å². The van der Waals surface area contributed by atoms with Gasteiger partial charge in [-0.2, -0.15) is 0 Å². The Kier molecular flexibility index (Phi) is 8.90. The molecule has 0 fully saturated rings. The van der Waals surface area contributed by atoms with E-state index in [1.807, 2.05) is 0 Å². The molecule has 2 heterocycles. The van der Waals surface area contributed by atoms with E-state index in [1.165, 1.54) is 31.4 Å². The van der Waals surface area contributed by atoms with E-state index in [0.29, 0.717) is 21.4 Å². The van der Waals surface area contributed by atoms with Crippen molar-refractivity contribution >= 4 is 26.3 Å². The Hall–Kier alpha value is -4.39. The fourth-order valence-electron chi connectivity index (χ4n) is 3.85. The van der Waals surface area contributed by atoms with Crippen molar-refractivity contribution < 1.29 is 50.5 Å². The van der Waals surface area contributed by atoms with Gasteiger partial charge in [-0.1, -0.05) is 0 Å². The van der Waals surface area contributed by atoms with Crippen molar-refractivity contribution in [2.75, 3.05) is 7.11 Å². The van der Waals surface area contributed by atoms with Crippen molar-refractivity contribution in [2.45, 2.75) is 23.7 Å². The molecule has 0 aliphatic rings. The fraction of sp³-hybridized carbons (Fsp3) is 0.192. The number of aromatic nitrogens is 4. The standard InChI is InChI=1S/C26H19AsF6N4O5/c1-41-21-11-10-20(35-36-21)37-22(25(28,29)30)18(13-34-37)23(38)27-19(24(39)40)12-14-2-4-15(5-3-14)16-6-8-17(9-7-16)42-26(31,32)33/h2-11,13,19,27H,12H2,1H3,(H,39,40)/t19-/m0/s1. The number of carbonyl (C=O) groups excluding carboxylic acids is 1. The second-order valence-corrected chi connectivity index (χ2v) is 11.6. The second kappa shape index (κ2) is 12.2. The molecule has 1 N–H and O–H groups in total. The number of hydrogen-bond acceptors (Lipinski definition) is 7. The summed E-state index contributed by atoms with van der Waals surface area (Å²) in [6.45, 7) is 0. The Morgan fingerprint density at radius 1 is 0.929 bits per heavy atom. The Balaban J connectivity index is 1.51. The predicted molar refractivity (Wildman–Crippen MR) is 136 cm³/mol. The number of rotatable bonds is 10. The molecular weight excluding hydrogens is 637 g/mol. The zero-order valence-corrected chi connectivity index (χ0v) is 23.4. The number of carboxylic acids is 1. The molecular formula is C26H19AsF6N4O5. The van der Waals surface area contributed by atoms with Crippen LogP contribution in [0.2, 0.25) is 4.71 Å². The molecule has 0 radical (unpaired) electrons. The second-order valence-electron chi connectivity index (χ2n) is 8.59. The van der Waals surface area contributed by atoms with Crippen LogP contribution >= 0.6 is 0 Å². The zero-order chi connectivity index (χ0) is 30.7. The molecule has 42 heavy (non-hydrogen) atoms. The van der Waals surface area contributed by atoms with Crippen molar-refractivity contribution in [3.05, 3.63) is 83.7 Å². The molecule has 1 unspecified atom stereocenters. The average molecular weight is 656 g/mol. The molecule has 2 aromatic carbocycles. The Morgan fingerprint density at radius 3 is 2.05 bits per heavy atom. The number of ether oxygens (including phenoxy) is 2. The van der Waals surface area contributed by atoms with Gasteiger partial charge in [0, 0.05) is 0 Å². The van der Waals surface area contributed by atoms with Gasteiger partial charge in [0.05, 0.1) is 0 Å². The molecule has 0 bridgehead atoms. The van der Waals surface area contributed by atoms with Crippen LogP contribution in [0.5, 0.6) is 11.6 Å². The van der Waals surface area contributed by atoms with Gasteiger partial charge in [0.2, 0.25) is 0 Å². The van der Waals surface area contributed by atoms with Gasteiger partial charge in [0.25, 0.3) is 0 Å². The number of methoxy groups -OCH3 is 1. The van der Waals surface area contributed by atoms with E-state index in [9.17, 15) is 41.0 Å². The molecule has 0 spiro atoms. The van der Waals surface area contributed by atoms with Gasteiger partial charge in [-0.3, -0.25) is 0 Å². The molecule has 9 nitrogen and oxygen atoms in total. The summed E-state index contributed by atoms with van der Waals surface area (Å²) in [5, 5.41) is 20.7.